The van der Waals surface area contributed by atoms with E-state index in [0.717, 1.165) is 30.7 Å². The number of nitrogens with zero attached hydrogens (tertiary/aromatic N) is 1. The first kappa shape index (κ1) is 18.3. The lowest BCUT2D eigenvalue weighted by Crippen LogP contribution is -2.23. The highest BCUT2D eigenvalue weighted by Crippen LogP contribution is 2.32. The molecule has 0 amide bonds. The first-order valence-electron chi connectivity index (χ1n) is 9.16. The van der Waals surface area contributed by atoms with Gasteiger partial charge in [0.05, 0.1) is 13.2 Å². The fraction of sp³-hybridized carbons (Fsp3) is 0.381. The topological polar surface area (TPSA) is 68.9 Å². The summed E-state index contributed by atoms with van der Waals surface area (Å²) >= 11 is 0. The molecule has 0 bridgehead atoms. The van der Waals surface area contributed by atoms with Gasteiger partial charge in [-0.2, -0.15) is 0 Å². The van der Waals surface area contributed by atoms with Crippen LogP contribution in [0, 0.1) is 0 Å². The van der Waals surface area contributed by atoms with E-state index in [-0.39, 0.29) is 6.10 Å². The summed E-state index contributed by atoms with van der Waals surface area (Å²) in [5, 5.41) is 3.08. The van der Waals surface area contributed by atoms with E-state index >= 15 is 0 Å². The second-order valence-corrected chi connectivity index (χ2v) is 6.42. The van der Waals surface area contributed by atoms with Crippen molar-refractivity contribution in [2.45, 2.75) is 31.8 Å². The van der Waals surface area contributed by atoms with E-state index in [1.807, 2.05) is 24.3 Å². The minimum absolute atomic E-state index is 0.221. The first-order valence-corrected chi connectivity index (χ1v) is 9.16. The molecular formula is C21H27N3O2. The average molecular weight is 353 g/mol. The maximum atomic E-state index is 6.09. The van der Waals surface area contributed by atoms with Crippen LogP contribution >= 0.6 is 0 Å². The Bertz CT molecular complexity index is 728. The van der Waals surface area contributed by atoms with Crippen LogP contribution in [0.25, 0.3) is 0 Å². The maximum Gasteiger partial charge on any atom is 0.193 e. The number of nitrogens with one attached hydrogen (secondary N) is 1. The molecule has 5 nitrogen and oxygen atoms in total. The van der Waals surface area contributed by atoms with E-state index in [9.17, 15) is 0 Å². The molecule has 0 fully saturated rings. The first-order chi connectivity index (χ1) is 12.8. The second-order valence-electron chi connectivity index (χ2n) is 6.42. The smallest absolute Gasteiger partial charge is 0.193 e. The number of fused-ring (bicyclic) bond motifs is 1. The predicted octanol–water partition coefficient (Wildman–Crippen LogP) is 3.91. The van der Waals surface area contributed by atoms with Crippen molar-refractivity contribution >= 4 is 11.6 Å². The zero-order valence-electron chi connectivity index (χ0n) is 15.3. The van der Waals surface area contributed by atoms with Gasteiger partial charge < -0.3 is 20.5 Å². The lowest BCUT2D eigenvalue weighted by molar-refractivity contribution is 0.0403. The van der Waals surface area contributed by atoms with Crippen LogP contribution in [0.5, 0.6) is 5.75 Å². The van der Waals surface area contributed by atoms with Crippen LogP contribution in [0.3, 0.4) is 0 Å². The summed E-state index contributed by atoms with van der Waals surface area (Å²) in [7, 11) is 1.65. The molecule has 0 aliphatic heterocycles. The molecule has 26 heavy (non-hydrogen) atoms. The van der Waals surface area contributed by atoms with Crippen molar-refractivity contribution in [1.29, 1.82) is 0 Å². The van der Waals surface area contributed by atoms with Crippen LogP contribution in [0.4, 0.5) is 5.69 Å². The van der Waals surface area contributed by atoms with Crippen LogP contribution in [0.1, 0.15) is 36.5 Å². The van der Waals surface area contributed by atoms with Gasteiger partial charge in [0, 0.05) is 18.8 Å². The molecular weight excluding hydrogens is 326 g/mol. The average Bonchev–Trinajstić information content (AvgIpc) is 2.68. The predicted molar refractivity (Wildman–Crippen MR) is 106 cm³/mol. The van der Waals surface area contributed by atoms with Crippen molar-refractivity contribution < 1.29 is 9.47 Å². The fourth-order valence-electron chi connectivity index (χ4n) is 3.23. The molecule has 1 unspecified atom stereocenters. The largest absolute Gasteiger partial charge is 0.497 e. The molecule has 2 aromatic carbocycles. The van der Waals surface area contributed by atoms with Crippen LogP contribution in [-0.4, -0.2) is 26.2 Å². The number of methoxy groups -OCH3 is 1. The fourth-order valence-corrected chi connectivity index (χ4v) is 3.23. The van der Waals surface area contributed by atoms with Crippen molar-refractivity contribution in [3.63, 3.8) is 0 Å². The lowest BCUT2D eigenvalue weighted by atomic mass is 9.89. The van der Waals surface area contributed by atoms with E-state index in [0.29, 0.717) is 19.1 Å². The quantitative estimate of drug-likeness (QED) is 0.450. The van der Waals surface area contributed by atoms with Gasteiger partial charge in [-0.15, -0.1) is 0 Å². The van der Waals surface area contributed by atoms with Gasteiger partial charge in [-0.25, -0.2) is 0 Å². The standard InChI is InChI=1S/C21H27N3O2/c1-25-18-12-10-17(11-13-18)24-21(22)23-14-5-15-26-20-9-4-7-16-6-2-3-8-19(16)20/h2-3,6,8,10-13,20H,4-5,7,9,14-15H2,1H3,(H3,22,23,24). The van der Waals surface area contributed by atoms with Gasteiger partial charge in [0.2, 0.25) is 0 Å². The SMILES string of the molecule is COc1ccc(NC(N)=NCCCOC2CCCc3ccccc32)cc1. The minimum atomic E-state index is 0.221. The number of rotatable bonds is 7. The number of benzene rings is 2. The molecule has 2 aromatic rings. The highest BCUT2D eigenvalue weighted by atomic mass is 16.5. The van der Waals surface area contributed by atoms with Crippen molar-refractivity contribution in [2.24, 2.45) is 10.7 Å². The summed E-state index contributed by atoms with van der Waals surface area (Å²) in [6.45, 7) is 1.33. The van der Waals surface area contributed by atoms with Gasteiger partial charge >= 0.3 is 0 Å². The molecule has 138 valence electrons. The molecule has 5 heteroatoms. The number of anilines is 1. The molecule has 0 saturated carbocycles. The molecule has 0 radical (unpaired) electrons. The molecule has 1 aliphatic rings. The molecule has 1 atom stereocenters. The number of hydrogen-bond acceptors (Lipinski definition) is 3. The third kappa shape index (κ3) is 4.99. The van der Waals surface area contributed by atoms with Crippen LogP contribution in [0.15, 0.2) is 53.5 Å². The number of nitrogens with two attached hydrogens (primary N) is 1. The number of aliphatic imine (C=N–C) groups is 1. The number of hydrogen-bond donors (Lipinski definition) is 2. The van der Waals surface area contributed by atoms with E-state index in [1.54, 1.807) is 7.11 Å². The summed E-state index contributed by atoms with van der Waals surface area (Å²) in [6, 6.07) is 16.2. The van der Waals surface area contributed by atoms with E-state index < -0.39 is 0 Å². The van der Waals surface area contributed by atoms with E-state index in [1.165, 1.54) is 17.5 Å². The molecule has 0 spiro atoms. The highest BCUT2D eigenvalue weighted by molar-refractivity contribution is 5.92. The van der Waals surface area contributed by atoms with Gasteiger partial charge in [0.1, 0.15) is 5.75 Å². The Balaban J connectivity index is 1.40. The van der Waals surface area contributed by atoms with Crippen molar-refractivity contribution in [2.75, 3.05) is 25.6 Å². The zero-order valence-corrected chi connectivity index (χ0v) is 15.3. The summed E-state index contributed by atoms with van der Waals surface area (Å²) in [6.07, 6.45) is 4.52. The monoisotopic (exact) mass is 353 g/mol. The van der Waals surface area contributed by atoms with Crippen LogP contribution in [-0.2, 0) is 11.2 Å². The van der Waals surface area contributed by atoms with Crippen LogP contribution in [0.2, 0.25) is 0 Å². The summed E-state index contributed by atoms with van der Waals surface area (Å²) in [4.78, 5) is 4.36. The molecule has 0 saturated heterocycles. The Morgan fingerprint density at radius 2 is 2.00 bits per heavy atom. The van der Waals surface area contributed by atoms with Crippen molar-refractivity contribution in [3.8, 4) is 5.75 Å². The molecule has 0 heterocycles. The van der Waals surface area contributed by atoms with Gasteiger partial charge in [0.25, 0.3) is 0 Å². The van der Waals surface area contributed by atoms with Gasteiger partial charge in [-0.05, 0) is 61.1 Å². The Labute approximate surface area is 155 Å². The van der Waals surface area contributed by atoms with Gasteiger partial charge in [-0.3, -0.25) is 4.99 Å². The number of aryl methyl sites for hydroxylation is 1. The van der Waals surface area contributed by atoms with E-state index in [2.05, 4.69) is 34.6 Å². The third-order valence-corrected chi connectivity index (χ3v) is 4.58. The third-order valence-electron chi connectivity index (χ3n) is 4.58. The zero-order chi connectivity index (χ0) is 18.2. The van der Waals surface area contributed by atoms with Gasteiger partial charge in [0.15, 0.2) is 5.96 Å². The number of ether oxygens (including phenoxy) is 2. The lowest BCUT2D eigenvalue weighted by Gasteiger charge is -2.25. The summed E-state index contributed by atoms with van der Waals surface area (Å²) in [5.74, 6) is 1.23. The van der Waals surface area contributed by atoms with E-state index in [4.69, 9.17) is 15.2 Å². The Morgan fingerprint density at radius 3 is 2.81 bits per heavy atom. The van der Waals surface area contributed by atoms with Crippen molar-refractivity contribution in [3.05, 3.63) is 59.7 Å². The van der Waals surface area contributed by atoms with Gasteiger partial charge in [-0.1, -0.05) is 24.3 Å². The maximum absolute atomic E-state index is 6.09. The molecule has 3 N–H and O–H groups in total. The molecule has 0 aromatic heterocycles. The Kier molecular flexibility index (Phi) is 6.50. The van der Waals surface area contributed by atoms with Crippen molar-refractivity contribution in [1.82, 2.24) is 0 Å². The summed E-state index contributed by atoms with van der Waals surface area (Å²) < 4.78 is 11.2. The van der Waals surface area contributed by atoms with Crippen LogP contribution < -0.4 is 15.8 Å². The molecule has 3 rings (SSSR count). The molecule has 1 aliphatic carbocycles. The number of guanidine groups is 1. The minimum Gasteiger partial charge on any atom is -0.497 e. The Morgan fingerprint density at radius 1 is 1.19 bits per heavy atom. The summed E-state index contributed by atoms with van der Waals surface area (Å²) in [5.41, 5.74) is 9.60. The highest BCUT2D eigenvalue weighted by Gasteiger charge is 2.19. The Hall–Kier alpha value is -2.53. The normalized spacial score (nSPS) is 16.8. The second kappa shape index (κ2) is 9.25.